The van der Waals surface area contributed by atoms with Crippen molar-refractivity contribution in [1.82, 2.24) is 0 Å². The van der Waals surface area contributed by atoms with Crippen molar-refractivity contribution in [1.29, 1.82) is 0 Å². The number of amides is 1. The molecule has 1 atom stereocenters. The number of carbonyl (C=O) groups excluding carboxylic acids is 1. The molecule has 0 radical (unpaired) electrons. The van der Waals surface area contributed by atoms with Crippen LogP contribution in [-0.4, -0.2) is 24.1 Å². The van der Waals surface area contributed by atoms with Crippen LogP contribution in [0.1, 0.15) is 44.3 Å². The monoisotopic (exact) mass is 292 g/mol. The number of fused-ring (bicyclic) bond motifs is 1. The van der Waals surface area contributed by atoms with Crippen molar-refractivity contribution >= 4 is 17.3 Å². The molecule has 1 amide bonds. The molecule has 1 fully saturated rings. The molecular weight excluding hydrogens is 271 g/mol. The van der Waals surface area contributed by atoms with Gasteiger partial charge in [0.15, 0.2) is 6.10 Å². The maximum absolute atomic E-state index is 14.3. The van der Waals surface area contributed by atoms with Crippen LogP contribution in [0.3, 0.4) is 0 Å². The van der Waals surface area contributed by atoms with Crippen molar-refractivity contribution in [3.8, 4) is 0 Å². The molecule has 1 aromatic carbocycles. The lowest BCUT2D eigenvalue weighted by atomic mass is 9.86. The summed E-state index contributed by atoms with van der Waals surface area (Å²) in [6.07, 6.45) is 3.18. The number of nitrogens with zero attached hydrogens (tertiary/aromatic N) is 1. The molecule has 2 N–H and O–H groups in total. The van der Waals surface area contributed by atoms with E-state index in [1.807, 2.05) is 11.9 Å². The van der Waals surface area contributed by atoms with E-state index in [0.29, 0.717) is 23.0 Å². The average molecular weight is 292 g/mol. The molecule has 0 aromatic heterocycles. The largest absolute Gasteiger partial charge is 0.378 e. The number of hydrogen-bond acceptors (Lipinski definition) is 3. The van der Waals surface area contributed by atoms with Crippen molar-refractivity contribution in [2.24, 2.45) is 5.92 Å². The Bertz CT molecular complexity index is 568. The maximum Gasteiger partial charge on any atom is 0.257 e. The van der Waals surface area contributed by atoms with Crippen LogP contribution < -0.4 is 10.2 Å². The van der Waals surface area contributed by atoms with Gasteiger partial charge < -0.3 is 15.3 Å². The van der Waals surface area contributed by atoms with Gasteiger partial charge in [0.2, 0.25) is 0 Å². The molecule has 1 aliphatic heterocycles. The van der Waals surface area contributed by atoms with Crippen LogP contribution in [0.5, 0.6) is 0 Å². The minimum atomic E-state index is -1.26. The molecule has 5 heteroatoms. The summed E-state index contributed by atoms with van der Waals surface area (Å²) in [6.45, 7) is 2.25. The van der Waals surface area contributed by atoms with E-state index in [-0.39, 0.29) is 5.82 Å². The minimum Gasteiger partial charge on any atom is -0.378 e. The molecule has 1 heterocycles. The highest BCUT2D eigenvalue weighted by atomic mass is 19.1. The first-order chi connectivity index (χ1) is 9.97. The van der Waals surface area contributed by atoms with Gasteiger partial charge in [-0.15, -0.1) is 0 Å². The molecule has 114 valence electrons. The lowest BCUT2D eigenvalue weighted by Crippen LogP contribution is -2.35. The van der Waals surface area contributed by atoms with Gasteiger partial charge in [-0.2, -0.15) is 0 Å². The van der Waals surface area contributed by atoms with Crippen LogP contribution in [0.2, 0.25) is 0 Å². The summed E-state index contributed by atoms with van der Waals surface area (Å²) in [5, 5.41) is 12.3. The van der Waals surface area contributed by atoms with Crippen molar-refractivity contribution in [3.63, 3.8) is 0 Å². The van der Waals surface area contributed by atoms with Gasteiger partial charge in [0, 0.05) is 24.3 Å². The molecule has 1 saturated carbocycles. The molecule has 0 spiro atoms. The Morgan fingerprint density at radius 3 is 2.62 bits per heavy atom. The summed E-state index contributed by atoms with van der Waals surface area (Å²) < 4.78 is 14.3. The fourth-order valence-corrected chi connectivity index (χ4v) is 3.35. The Morgan fingerprint density at radius 1 is 1.29 bits per heavy atom. The number of aliphatic hydroxyl groups excluding tert-OH is 1. The lowest BCUT2D eigenvalue weighted by molar-refractivity contribution is -0.123. The van der Waals surface area contributed by atoms with Crippen LogP contribution in [0, 0.1) is 11.7 Å². The molecule has 3 rings (SSSR count). The smallest absolute Gasteiger partial charge is 0.257 e. The molecular formula is C16H21FN2O2. The second-order valence-electron chi connectivity index (χ2n) is 6.31. The van der Waals surface area contributed by atoms with Crippen LogP contribution >= 0.6 is 0 Å². The van der Waals surface area contributed by atoms with Crippen molar-refractivity contribution in [2.75, 3.05) is 17.3 Å². The van der Waals surface area contributed by atoms with Crippen LogP contribution in [0.25, 0.3) is 0 Å². The van der Waals surface area contributed by atoms with Gasteiger partial charge >= 0.3 is 0 Å². The van der Waals surface area contributed by atoms with Crippen LogP contribution in [0.15, 0.2) is 12.1 Å². The van der Waals surface area contributed by atoms with Gasteiger partial charge in [-0.3, -0.25) is 4.79 Å². The molecule has 2 aliphatic rings. The zero-order chi connectivity index (χ0) is 15.1. The highest BCUT2D eigenvalue weighted by molar-refractivity contribution is 6.02. The number of halogens is 1. The number of aliphatic hydroxyl groups is 1. The molecule has 1 unspecified atom stereocenters. The third-order valence-corrected chi connectivity index (χ3v) is 4.83. The Kier molecular flexibility index (Phi) is 3.61. The highest BCUT2D eigenvalue weighted by Gasteiger charge is 2.31. The second kappa shape index (κ2) is 5.30. The van der Waals surface area contributed by atoms with Gasteiger partial charge in [0.05, 0.1) is 5.69 Å². The van der Waals surface area contributed by atoms with E-state index in [4.69, 9.17) is 0 Å². The number of carbonyl (C=O) groups is 1. The van der Waals surface area contributed by atoms with Gasteiger partial charge in [-0.1, -0.05) is 6.92 Å². The lowest BCUT2D eigenvalue weighted by Gasteiger charge is -2.35. The Morgan fingerprint density at radius 2 is 1.95 bits per heavy atom. The third kappa shape index (κ3) is 2.50. The normalized spacial score (nSPS) is 28.2. The van der Waals surface area contributed by atoms with E-state index in [9.17, 15) is 14.3 Å². The number of hydrogen-bond donors (Lipinski definition) is 2. The van der Waals surface area contributed by atoms with Gasteiger partial charge in [-0.05, 0) is 43.7 Å². The summed E-state index contributed by atoms with van der Waals surface area (Å²) in [5.74, 6) is -0.130. The van der Waals surface area contributed by atoms with E-state index < -0.39 is 12.0 Å². The first kappa shape index (κ1) is 14.3. The van der Waals surface area contributed by atoms with Gasteiger partial charge in [0.1, 0.15) is 5.82 Å². The van der Waals surface area contributed by atoms with Gasteiger partial charge in [0.25, 0.3) is 5.91 Å². The van der Waals surface area contributed by atoms with Crippen molar-refractivity contribution in [3.05, 3.63) is 23.5 Å². The number of rotatable bonds is 2. The summed E-state index contributed by atoms with van der Waals surface area (Å²) in [5.41, 5.74) is 1.33. The van der Waals surface area contributed by atoms with Crippen LogP contribution in [0.4, 0.5) is 15.8 Å². The first-order valence-corrected chi connectivity index (χ1v) is 7.52. The third-order valence-electron chi connectivity index (χ3n) is 4.83. The SMILES string of the molecule is CC1CCC(N(C)c2cc3c(cc2F)C(O)C(=O)N3)CC1. The summed E-state index contributed by atoms with van der Waals surface area (Å²) >= 11 is 0. The summed E-state index contributed by atoms with van der Waals surface area (Å²) in [4.78, 5) is 13.4. The molecule has 0 saturated heterocycles. The predicted octanol–water partition coefficient (Wildman–Crippen LogP) is 2.83. The topological polar surface area (TPSA) is 52.6 Å². The molecule has 4 nitrogen and oxygen atoms in total. The number of anilines is 2. The van der Waals surface area contributed by atoms with Crippen LogP contribution in [-0.2, 0) is 4.79 Å². The van der Waals surface area contributed by atoms with Gasteiger partial charge in [-0.25, -0.2) is 4.39 Å². The fraction of sp³-hybridized carbons (Fsp3) is 0.562. The highest BCUT2D eigenvalue weighted by Crippen LogP contribution is 2.37. The molecule has 21 heavy (non-hydrogen) atoms. The quantitative estimate of drug-likeness (QED) is 0.881. The van der Waals surface area contributed by atoms with E-state index in [2.05, 4.69) is 12.2 Å². The molecule has 0 bridgehead atoms. The number of nitrogens with one attached hydrogen (secondary N) is 1. The summed E-state index contributed by atoms with van der Waals surface area (Å²) in [7, 11) is 1.90. The van der Waals surface area contributed by atoms with Crippen molar-refractivity contribution < 1.29 is 14.3 Å². The minimum absolute atomic E-state index is 0.326. The van der Waals surface area contributed by atoms with Crippen molar-refractivity contribution in [2.45, 2.75) is 44.8 Å². The Hall–Kier alpha value is -1.62. The molecule has 1 aliphatic carbocycles. The second-order valence-corrected chi connectivity index (χ2v) is 6.31. The number of benzene rings is 1. The first-order valence-electron chi connectivity index (χ1n) is 7.52. The Labute approximate surface area is 124 Å². The summed E-state index contributed by atoms with van der Waals surface area (Å²) in [6, 6.07) is 3.24. The average Bonchev–Trinajstić information content (AvgIpc) is 2.73. The standard InChI is InChI=1S/C16H21FN2O2/c1-9-3-5-10(6-4-9)19(2)14-8-13-11(7-12(14)17)15(20)16(21)18-13/h7-10,15,20H,3-6H2,1-2H3,(H,18,21). The van der Waals surface area contributed by atoms with E-state index in [1.54, 1.807) is 6.07 Å². The zero-order valence-corrected chi connectivity index (χ0v) is 12.4. The predicted molar refractivity (Wildman–Crippen MR) is 79.8 cm³/mol. The van der Waals surface area contributed by atoms with E-state index >= 15 is 0 Å². The molecule has 1 aromatic rings. The zero-order valence-electron chi connectivity index (χ0n) is 12.4. The fourth-order valence-electron chi connectivity index (χ4n) is 3.35. The maximum atomic E-state index is 14.3. The van der Waals surface area contributed by atoms with E-state index in [0.717, 1.165) is 31.6 Å². The Balaban J connectivity index is 1.86. The van der Waals surface area contributed by atoms with E-state index in [1.165, 1.54) is 6.07 Å².